The predicted molar refractivity (Wildman–Crippen MR) is 98.5 cm³/mol. The molecule has 0 bridgehead atoms. The lowest BCUT2D eigenvalue weighted by Gasteiger charge is -2.37. The summed E-state index contributed by atoms with van der Waals surface area (Å²) < 4.78 is 5.41. The fourth-order valence-electron chi connectivity index (χ4n) is 2.83. The number of aliphatic hydroxyl groups is 1. The third kappa shape index (κ3) is 4.19. The standard InChI is InChI=1S/C19H24N2O3S/c1-18(2,3)24-17(22)21-11-9-19(23,10-12-21)16-20-15(13-25-16)14-7-5-4-6-8-14/h4-8,13,23H,9-12H2,1-3H3. The van der Waals surface area contributed by atoms with Gasteiger partial charge in [0.15, 0.2) is 0 Å². The number of piperidine rings is 1. The third-order valence-electron chi connectivity index (χ3n) is 4.21. The van der Waals surface area contributed by atoms with Crippen LogP contribution in [-0.2, 0) is 10.3 Å². The van der Waals surface area contributed by atoms with Crippen LogP contribution in [0.3, 0.4) is 0 Å². The third-order valence-corrected chi connectivity index (χ3v) is 5.25. The van der Waals surface area contributed by atoms with E-state index in [2.05, 4.69) is 4.98 Å². The van der Waals surface area contributed by atoms with Crippen LogP contribution >= 0.6 is 11.3 Å². The fourth-order valence-corrected chi connectivity index (χ4v) is 3.82. The molecule has 25 heavy (non-hydrogen) atoms. The molecule has 1 aliphatic heterocycles. The summed E-state index contributed by atoms with van der Waals surface area (Å²) in [5.74, 6) is 0. The smallest absolute Gasteiger partial charge is 0.410 e. The van der Waals surface area contributed by atoms with Crippen LogP contribution in [0.15, 0.2) is 35.7 Å². The van der Waals surface area contributed by atoms with Gasteiger partial charge in [-0.05, 0) is 20.8 Å². The number of nitrogens with zero attached hydrogens (tertiary/aromatic N) is 2. The van der Waals surface area contributed by atoms with Crippen molar-refractivity contribution in [3.05, 3.63) is 40.7 Å². The van der Waals surface area contributed by atoms with E-state index in [1.54, 1.807) is 4.90 Å². The average molecular weight is 360 g/mol. The molecule has 3 rings (SSSR count). The van der Waals surface area contributed by atoms with E-state index in [1.165, 1.54) is 11.3 Å². The van der Waals surface area contributed by atoms with E-state index in [9.17, 15) is 9.90 Å². The molecule has 0 spiro atoms. The van der Waals surface area contributed by atoms with E-state index in [0.29, 0.717) is 25.9 Å². The SMILES string of the molecule is CC(C)(C)OC(=O)N1CCC(O)(c2nc(-c3ccccc3)cs2)CC1. The van der Waals surface area contributed by atoms with Gasteiger partial charge in [0, 0.05) is 36.9 Å². The van der Waals surface area contributed by atoms with E-state index in [4.69, 9.17) is 4.74 Å². The summed E-state index contributed by atoms with van der Waals surface area (Å²) in [5, 5.41) is 13.7. The van der Waals surface area contributed by atoms with Crippen molar-refractivity contribution in [2.75, 3.05) is 13.1 Å². The van der Waals surface area contributed by atoms with Crippen LogP contribution < -0.4 is 0 Å². The van der Waals surface area contributed by atoms with Crippen LogP contribution in [0.1, 0.15) is 38.6 Å². The number of carbonyl (C=O) groups is 1. The summed E-state index contributed by atoms with van der Waals surface area (Å²) in [6.07, 6.45) is 0.612. The summed E-state index contributed by atoms with van der Waals surface area (Å²) >= 11 is 1.47. The maximum Gasteiger partial charge on any atom is 0.410 e. The summed E-state index contributed by atoms with van der Waals surface area (Å²) in [4.78, 5) is 18.5. The zero-order chi connectivity index (χ0) is 18.1. The molecule has 1 saturated heterocycles. The number of likely N-dealkylation sites (tertiary alicyclic amines) is 1. The molecule has 0 radical (unpaired) electrons. The van der Waals surface area contributed by atoms with Crippen molar-refractivity contribution < 1.29 is 14.6 Å². The van der Waals surface area contributed by atoms with E-state index in [0.717, 1.165) is 16.3 Å². The highest BCUT2D eigenvalue weighted by Crippen LogP contribution is 2.36. The molecule has 1 fully saturated rings. The topological polar surface area (TPSA) is 62.7 Å². The first kappa shape index (κ1) is 17.9. The lowest BCUT2D eigenvalue weighted by atomic mass is 9.92. The Bertz CT molecular complexity index is 729. The van der Waals surface area contributed by atoms with Crippen molar-refractivity contribution in [3.8, 4) is 11.3 Å². The average Bonchev–Trinajstić information content (AvgIpc) is 3.05. The molecule has 0 unspecified atom stereocenters. The molecular formula is C19H24N2O3S. The van der Waals surface area contributed by atoms with Crippen molar-refractivity contribution in [2.45, 2.75) is 44.8 Å². The van der Waals surface area contributed by atoms with Crippen LogP contribution in [0, 0.1) is 0 Å². The zero-order valence-electron chi connectivity index (χ0n) is 14.9. The second-order valence-electron chi connectivity index (χ2n) is 7.40. The van der Waals surface area contributed by atoms with Crippen molar-refractivity contribution in [2.24, 2.45) is 0 Å². The maximum atomic E-state index is 12.2. The van der Waals surface area contributed by atoms with Gasteiger partial charge >= 0.3 is 6.09 Å². The molecule has 1 aliphatic rings. The first-order valence-corrected chi connectivity index (χ1v) is 9.37. The highest BCUT2D eigenvalue weighted by molar-refractivity contribution is 7.10. The summed E-state index contributed by atoms with van der Waals surface area (Å²) in [6.45, 7) is 6.49. The number of thiazole rings is 1. The van der Waals surface area contributed by atoms with Crippen LogP contribution in [0.25, 0.3) is 11.3 Å². The first-order chi connectivity index (χ1) is 11.8. The van der Waals surface area contributed by atoms with Crippen molar-refractivity contribution in [1.82, 2.24) is 9.88 Å². The van der Waals surface area contributed by atoms with E-state index >= 15 is 0 Å². The second-order valence-corrected chi connectivity index (χ2v) is 8.26. The Labute approximate surface area is 152 Å². The van der Waals surface area contributed by atoms with Crippen LogP contribution in [0.2, 0.25) is 0 Å². The van der Waals surface area contributed by atoms with Gasteiger partial charge in [-0.3, -0.25) is 0 Å². The number of hydrogen-bond donors (Lipinski definition) is 1. The van der Waals surface area contributed by atoms with Gasteiger partial charge in [0.1, 0.15) is 16.2 Å². The number of benzene rings is 1. The van der Waals surface area contributed by atoms with Gasteiger partial charge in [-0.2, -0.15) is 0 Å². The quantitative estimate of drug-likeness (QED) is 0.878. The zero-order valence-corrected chi connectivity index (χ0v) is 15.7. The number of hydrogen-bond acceptors (Lipinski definition) is 5. The molecule has 1 N–H and O–H groups in total. The Hall–Kier alpha value is -1.92. The van der Waals surface area contributed by atoms with Gasteiger partial charge < -0.3 is 14.7 Å². The lowest BCUT2D eigenvalue weighted by molar-refractivity contribution is -0.0356. The van der Waals surface area contributed by atoms with Crippen LogP contribution in [0.5, 0.6) is 0 Å². The highest BCUT2D eigenvalue weighted by atomic mass is 32.1. The largest absolute Gasteiger partial charge is 0.444 e. The molecule has 1 aromatic carbocycles. The summed E-state index contributed by atoms with van der Waals surface area (Å²) in [7, 11) is 0. The van der Waals surface area contributed by atoms with E-state index in [-0.39, 0.29) is 6.09 Å². The van der Waals surface area contributed by atoms with Gasteiger partial charge in [-0.1, -0.05) is 30.3 Å². The molecule has 2 aromatic rings. The van der Waals surface area contributed by atoms with Crippen molar-refractivity contribution in [1.29, 1.82) is 0 Å². The minimum atomic E-state index is -0.976. The molecule has 0 atom stereocenters. The predicted octanol–water partition coefficient (Wildman–Crippen LogP) is 4.03. The molecule has 5 nitrogen and oxygen atoms in total. The number of aromatic nitrogens is 1. The number of amides is 1. The van der Waals surface area contributed by atoms with Gasteiger partial charge in [0.2, 0.25) is 0 Å². The fraction of sp³-hybridized carbons (Fsp3) is 0.474. The number of ether oxygens (including phenoxy) is 1. The molecule has 0 aliphatic carbocycles. The molecular weight excluding hydrogens is 336 g/mol. The first-order valence-electron chi connectivity index (χ1n) is 8.49. The second kappa shape index (κ2) is 6.77. The Morgan fingerprint density at radius 3 is 2.48 bits per heavy atom. The van der Waals surface area contributed by atoms with Gasteiger partial charge in [0.25, 0.3) is 0 Å². The number of carbonyl (C=O) groups excluding carboxylic acids is 1. The van der Waals surface area contributed by atoms with Gasteiger partial charge in [0.05, 0.1) is 5.69 Å². The van der Waals surface area contributed by atoms with E-state index in [1.807, 2.05) is 56.5 Å². The van der Waals surface area contributed by atoms with Crippen LogP contribution in [-0.4, -0.2) is 39.8 Å². The Morgan fingerprint density at radius 1 is 1.24 bits per heavy atom. The molecule has 0 saturated carbocycles. The number of rotatable bonds is 2. The van der Waals surface area contributed by atoms with Crippen molar-refractivity contribution in [3.63, 3.8) is 0 Å². The molecule has 1 aromatic heterocycles. The normalized spacial score (nSPS) is 17.4. The minimum absolute atomic E-state index is 0.321. The maximum absolute atomic E-state index is 12.2. The van der Waals surface area contributed by atoms with E-state index < -0.39 is 11.2 Å². The Kier molecular flexibility index (Phi) is 4.84. The van der Waals surface area contributed by atoms with Crippen LogP contribution in [0.4, 0.5) is 4.79 Å². The Balaban J connectivity index is 1.67. The molecule has 2 heterocycles. The van der Waals surface area contributed by atoms with Gasteiger partial charge in [-0.15, -0.1) is 11.3 Å². The monoisotopic (exact) mass is 360 g/mol. The molecule has 6 heteroatoms. The summed E-state index contributed by atoms with van der Waals surface area (Å²) in [5.41, 5.74) is 0.435. The molecule has 1 amide bonds. The lowest BCUT2D eigenvalue weighted by Crippen LogP contribution is -2.46. The van der Waals surface area contributed by atoms with Crippen molar-refractivity contribution >= 4 is 17.4 Å². The molecule has 134 valence electrons. The Morgan fingerprint density at radius 2 is 1.88 bits per heavy atom. The highest BCUT2D eigenvalue weighted by Gasteiger charge is 2.39. The minimum Gasteiger partial charge on any atom is -0.444 e. The summed E-state index contributed by atoms with van der Waals surface area (Å²) in [6, 6.07) is 9.93. The van der Waals surface area contributed by atoms with Gasteiger partial charge in [-0.25, -0.2) is 9.78 Å².